The highest BCUT2D eigenvalue weighted by molar-refractivity contribution is 5.99. The van der Waals surface area contributed by atoms with Crippen molar-refractivity contribution in [2.24, 2.45) is 0 Å². The van der Waals surface area contributed by atoms with Crippen molar-refractivity contribution >= 4 is 5.91 Å². The monoisotopic (exact) mass is 373 g/mol. The molecule has 142 valence electrons. The number of pyridine rings is 2. The minimum Gasteiger partial charge on any atom is -0.389 e. The predicted molar refractivity (Wildman–Crippen MR) is 108 cm³/mol. The molecule has 1 aliphatic heterocycles. The van der Waals surface area contributed by atoms with Gasteiger partial charge in [0.2, 0.25) is 0 Å². The molecule has 1 amide bonds. The van der Waals surface area contributed by atoms with Crippen molar-refractivity contribution in [1.29, 1.82) is 0 Å². The van der Waals surface area contributed by atoms with Crippen molar-refractivity contribution in [3.05, 3.63) is 84.3 Å². The van der Waals surface area contributed by atoms with Crippen LogP contribution in [0.25, 0.3) is 11.3 Å². The number of nitrogens with zero attached hydrogens (tertiary/aromatic N) is 3. The number of rotatable bonds is 4. The van der Waals surface area contributed by atoms with Gasteiger partial charge in [-0.15, -0.1) is 0 Å². The molecule has 3 heterocycles. The van der Waals surface area contributed by atoms with E-state index in [-0.39, 0.29) is 5.91 Å². The summed E-state index contributed by atoms with van der Waals surface area (Å²) in [5.74, 6) is -0.0475. The van der Waals surface area contributed by atoms with Gasteiger partial charge >= 0.3 is 0 Å². The van der Waals surface area contributed by atoms with Crippen LogP contribution in [0.5, 0.6) is 0 Å². The van der Waals surface area contributed by atoms with Gasteiger partial charge in [-0.25, -0.2) is 0 Å². The number of likely N-dealkylation sites (tertiary alicyclic amines) is 1. The van der Waals surface area contributed by atoms with Crippen LogP contribution in [0.15, 0.2) is 73.2 Å². The quantitative estimate of drug-likeness (QED) is 0.762. The normalized spacial score (nSPS) is 16.0. The number of benzene rings is 1. The van der Waals surface area contributed by atoms with E-state index in [0.29, 0.717) is 43.6 Å². The van der Waals surface area contributed by atoms with Crippen molar-refractivity contribution in [1.82, 2.24) is 14.9 Å². The number of carbonyl (C=O) groups is 1. The van der Waals surface area contributed by atoms with Crippen molar-refractivity contribution in [2.75, 3.05) is 13.1 Å². The van der Waals surface area contributed by atoms with E-state index in [9.17, 15) is 9.90 Å². The SMILES string of the molecule is O=C(c1cccnc1-c1cccnc1)N1CCC(O)(Cc2ccccc2)CC1. The average molecular weight is 373 g/mol. The fraction of sp³-hybridized carbons (Fsp3) is 0.261. The zero-order valence-electron chi connectivity index (χ0n) is 15.7. The summed E-state index contributed by atoms with van der Waals surface area (Å²) in [6, 6.07) is 17.3. The first-order valence-electron chi connectivity index (χ1n) is 9.56. The van der Waals surface area contributed by atoms with E-state index in [2.05, 4.69) is 9.97 Å². The van der Waals surface area contributed by atoms with Crippen LogP contribution in [-0.2, 0) is 6.42 Å². The van der Waals surface area contributed by atoms with E-state index in [4.69, 9.17) is 0 Å². The third-order valence-corrected chi connectivity index (χ3v) is 5.33. The number of amides is 1. The highest BCUT2D eigenvalue weighted by Crippen LogP contribution is 2.28. The molecule has 0 bridgehead atoms. The lowest BCUT2D eigenvalue weighted by atomic mass is 9.85. The summed E-state index contributed by atoms with van der Waals surface area (Å²) in [4.78, 5) is 23.5. The largest absolute Gasteiger partial charge is 0.389 e. The van der Waals surface area contributed by atoms with E-state index < -0.39 is 5.60 Å². The molecule has 1 saturated heterocycles. The lowest BCUT2D eigenvalue weighted by Crippen LogP contribution is -2.47. The summed E-state index contributed by atoms with van der Waals surface area (Å²) < 4.78 is 0. The van der Waals surface area contributed by atoms with Gasteiger partial charge in [0.1, 0.15) is 0 Å². The van der Waals surface area contributed by atoms with Crippen LogP contribution in [0.2, 0.25) is 0 Å². The van der Waals surface area contributed by atoms with Crippen LogP contribution < -0.4 is 0 Å². The Kier molecular flexibility index (Phi) is 5.17. The van der Waals surface area contributed by atoms with Gasteiger partial charge in [0, 0.05) is 43.7 Å². The summed E-state index contributed by atoms with van der Waals surface area (Å²) in [6.07, 6.45) is 6.85. The first-order valence-corrected chi connectivity index (χ1v) is 9.56. The molecular weight excluding hydrogens is 350 g/mol. The van der Waals surface area contributed by atoms with E-state index in [1.165, 1.54) is 0 Å². The van der Waals surface area contributed by atoms with Gasteiger partial charge in [-0.2, -0.15) is 0 Å². The fourth-order valence-electron chi connectivity index (χ4n) is 3.76. The molecule has 5 nitrogen and oxygen atoms in total. The Labute approximate surface area is 164 Å². The number of hydrogen-bond acceptors (Lipinski definition) is 4. The molecule has 3 aromatic rings. The molecule has 0 aliphatic carbocycles. The minimum absolute atomic E-state index is 0.0475. The van der Waals surface area contributed by atoms with E-state index >= 15 is 0 Å². The van der Waals surface area contributed by atoms with Gasteiger partial charge in [0.25, 0.3) is 5.91 Å². The maximum absolute atomic E-state index is 13.1. The van der Waals surface area contributed by atoms with Crippen LogP contribution >= 0.6 is 0 Å². The Bertz CT molecular complexity index is 936. The minimum atomic E-state index is -0.765. The van der Waals surface area contributed by atoms with Gasteiger partial charge in [0.15, 0.2) is 0 Å². The number of aromatic nitrogens is 2. The van der Waals surface area contributed by atoms with Gasteiger partial charge in [-0.3, -0.25) is 14.8 Å². The molecule has 1 N–H and O–H groups in total. The number of piperidine rings is 1. The molecule has 0 saturated carbocycles. The Balaban J connectivity index is 1.48. The molecule has 5 heteroatoms. The maximum Gasteiger partial charge on any atom is 0.256 e. The first-order chi connectivity index (χ1) is 13.6. The molecule has 1 aliphatic rings. The summed E-state index contributed by atoms with van der Waals surface area (Å²) in [5, 5.41) is 11.0. The summed E-state index contributed by atoms with van der Waals surface area (Å²) in [7, 11) is 0. The zero-order valence-corrected chi connectivity index (χ0v) is 15.7. The zero-order chi connectivity index (χ0) is 19.4. The molecule has 0 unspecified atom stereocenters. The van der Waals surface area contributed by atoms with Crippen molar-refractivity contribution in [2.45, 2.75) is 24.9 Å². The first kappa shape index (κ1) is 18.3. The third kappa shape index (κ3) is 3.94. The van der Waals surface area contributed by atoms with Gasteiger partial charge in [-0.1, -0.05) is 30.3 Å². The van der Waals surface area contributed by atoms with E-state index in [1.807, 2.05) is 53.4 Å². The Morgan fingerprint density at radius 2 is 1.75 bits per heavy atom. The van der Waals surface area contributed by atoms with E-state index in [0.717, 1.165) is 11.1 Å². The molecule has 4 rings (SSSR count). The van der Waals surface area contributed by atoms with Gasteiger partial charge < -0.3 is 10.0 Å². The highest BCUT2D eigenvalue weighted by Gasteiger charge is 2.34. The van der Waals surface area contributed by atoms with Crippen molar-refractivity contribution in [3.63, 3.8) is 0 Å². The molecule has 28 heavy (non-hydrogen) atoms. The molecule has 0 atom stereocenters. The lowest BCUT2D eigenvalue weighted by Gasteiger charge is -2.38. The van der Waals surface area contributed by atoms with E-state index in [1.54, 1.807) is 24.7 Å². The Hall–Kier alpha value is -3.05. The summed E-state index contributed by atoms with van der Waals surface area (Å²) in [5.41, 5.74) is 2.40. The maximum atomic E-state index is 13.1. The smallest absolute Gasteiger partial charge is 0.256 e. The second-order valence-electron chi connectivity index (χ2n) is 7.32. The number of hydrogen-bond donors (Lipinski definition) is 1. The average Bonchev–Trinajstić information content (AvgIpc) is 2.75. The van der Waals surface area contributed by atoms with Crippen LogP contribution in [0.1, 0.15) is 28.8 Å². The van der Waals surface area contributed by atoms with Crippen LogP contribution in [0.4, 0.5) is 0 Å². The molecular formula is C23H23N3O2. The third-order valence-electron chi connectivity index (χ3n) is 5.33. The predicted octanol–water partition coefficient (Wildman–Crippen LogP) is 3.35. The molecule has 1 aromatic carbocycles. The van der Waals surface area contributed by atoms with Crippen LogP contribution in [0.3, 0.4) is 0 Å². The lowest BCUT2D eigenvalue weighted by molar-refractivity contribution is -0.0162. The standard InChI is InChI=1S/C23H23N3O2/c27-22(20-9-5-13-25-21(20)19-8-4-12-24-17-19)26-14-10-23(28,11-15-26)16-18-6-2-1-3-7-18/h1-9,12-13,17,28H,10-11,14-16H2. The highest BCUT2D eigenvalue weighted by atomic mass is 16.3. The van der Waals surface area contributed by atoms with Gasteiger partial charge in [-0.05, 0) is 42.7 Å². The summed E-state index contributed by atoms with van der Waals surface area (Å²) >= 11 is 0. The second kappa shape index (κ2) is 7.90. The summed E-state index contributed by atoms with van der Waals surface area (Å²) in [6.45, 7) is 1.06. The number of carbonyl (C=O) groups excluding carboxylic acids is 1. The topological polar surface area (TPSA) is 66.3 Å². The van der Waals surface area contributed by atoms with Crippen molar-refractivity contribution < 1.29 is 9.90 Å². The van der Waals surface area contributed by atoms with Crippen LogP contribution in [0, 0.1) is 0 Å². The van der Waals surface area contributed by atoms with Crippen molar-refractivity contribution in [3.8, 4) is 11.3 Å². The molecule has 1 fully saturated rings. The Morgan fingerprint density at radius 3 is 2.46 bits per heavy atom. The molecule has 0 radical (unpaired) electrons. The second-order valence-corrected chi connectivity index (χ2v) is 7.32. The molecule has 0 spiro atoms. The fourth-order valence-corrected chi connectivity index (χ4v) is 3.76. The molecule has 2 aromatic heterocycles. The van der Waals surface area contributed by atoms with Gasteiger partial charge in [0.05, 0.1) is 16.9 Å². The Morgan fingerprint density at radius 1 is 1.00 bits per heavy atom. The van der Waals surface area contributed by atoms with Crippen LogP contribution in [-0.4, -0.2) is 44.6 Å². The number of aliphatic hydroxyl groups is 1.